The number of hydrogen-bond donors (Lipinski definition) is 1. The summed E-state index contributed by atoms with van der Waals surface area (Å²) in [5.41, 5.74) is -0.991. The second kappa shape index (κ2) is 4.26. The van der Waals surface area contributed by atoms with E-state index in [1.54, 1.807) is 0 Å². The Bertz CT molecular complexity index is 385. The van der Waals surface area contributed by atoms with Crippen molar-refractivity contribution >= 4 is 15.9 Å². The quantitative estimate of drug-likeness (QED) is 0.815. The lowest BCUT2D eigenvalue weighted by molar-refractivity contribution is -0.138. The second-order valence-electron chi connectivity index (χ2n) is 2.91. The van der Waals surface area contributed by atoms with Crippen LogP contribution >= 0.6 is 15.9 Å². The van der Waals surface area contributed by atoms with Gasteiger partial charge in [0.2, 0.25) is 0 Å². The molecule has 0 bridgehead atoms. The van der Waals surface area contributed by atoms with Gasteiger partial charge in [-0.25, -0.2) is 0 Å². The fourth-order valence-corrected chi connectivity index (χ4v) is 1.60. The van der Waals surface area contributed by atoms with Crippen molar-refractivity contribution in [3.05, 3.63) is 40.4 Å². The van der Waals surface area contributed by atoms with E-state index in [4.69, 9.17) is 0 Å². The number of aromatic hydroxyl groups is 1. The minimum atomic E-state index is -4.46. The molecule has 0 spiro atoms. The molecule has 0 saturated carbocycles. The Morgan fingerprint density at radius 2 is 2.00 bits per heavy atom. The van der Waals surface area contributed by atoms with Gasteiger partial charge in [-0.2, -0.15) is 13.2 Å². The molecule has 0 radical (unpaired) electrons. The minimum absolute atomic E-state index is 0.0277. The van der Waals surface area contributed by atoms with Crippen molar-refractivity contribution in [1.29, 1.82) is 0 Å². The van der Waals surface area contributed by atoms with E-state index in [0.29, 0.717) is 0 Å². The van der Waals surface area contributed by atoms with Gasteiger partial charge in [0.1, 0.15) is 5.75 Å². The Kier molecular flexibility index (Phi) is 3.44. The molecule has 1 nitrogen and oxygen atoms in total. The van der Waals surface area contributed by atoms with Crippen LogP contribution in [0.4, 0.5) is 13.2 Å². The molecule has 0 unspecified atom stereocenters. The van der Waals surface area contributed by atoms with Gasteiger partial charge in [0.05, 0.1) is 10.0 Å². The van der Waals surface area contributed by atoms with Crippen LogP contribution in [0.25, 0.3) is 0 Å². The highest BCUT2D eigenvalue weighted by molar-refractivity contribution is 9.10. The zero-order valence-electron chi connectivity index (χ0n) is 7.61. The maximum absolute atomic E-state index is 12.5. The molecular weight excluding hydrogens is 273 g/mol. The van der Waals surface area contributed by atoms with E-state index in [0.717, 1.165) is 6.07 Å². The Labute approximate surface area is 93.4 Å². The van der Waals surface area contributed by atoms with Crippen LogP contribution in [0.1, 0.15) is 11.1 Å². The van der Waals surface area contributed by atoms with Crippen molar-refractivity contribution in [1.82, 2.24) is 0 Å². The maximum Gasteiger partial charge on any atom is 0.416 e. The lowest BCUT2D eigenvalue weighted by Crippen LogP contribution is -2.09. The van der Waals surface area contributed by atoms with Gasteiger partial charge in [-0.05, 0) is 34.5 Å². The van der Waals surface area contributed by atoms with E-state index in [-0.39, 0.29) is 22.2 Å². The predicted molar refractivity (Wildman–Crippen MR) is 54.7 cm³/mol. The molecule has 0 amide bonds. The highest BCUT2D eigenvalue weighted by atomic mass is 79.9. The number of benzene rings is 1. The van der Waals surface area contributed by atoms with Gasteiger partial charge in [0.15, 0.2) is 0 Å². The Hall–Kier alpha value is -0.970. The molecule has 0 heterocycles. The van der Waals surface area contributed by atoms with E-state index >= 15 is 0 Å². The average molecular weight is 281 g/mol. The van der Waals surface area contributed by atoms with Gasteiger partial charge in [-0.1, -0.05) is 6.08 Å². The SMILES string of the molecule is C=CCc1c(C(F)(F)F)ccc(Br)c1O. The number of halogens is 4. The second-order valence-corrected chi connectivity index (χ2v) is 3.77. The number of alkyl halides is 3. The van der Waals surface area contributed by atoms with Crippen LogP contribution in [0.3, 0.4) is 0 Å². The molecule has 15 heavy (non-hydrogen) atoms. The molecule has 0 aliphatic carbocycles. The summed E-state index contributed by atoms with van der Waals surface area (Å²) in [6.07, 6.45) is -3.17. The number of phenols is 1. The Balaban J connectivity index is 3.39. The van der Waals surface area contributed by atoms with Crippen LogP contribution in [0, 0.1) is 0 Å². The third kappa shape index (κ3) is 2.53. The molecule has 1 aromatic rings. The van der Waals surface area contributed by atoms with E-state index < -0.39 is 11.7 Å². The van der Waals surface area contributed by atoms with Crippen LogP contribution in [0.15, 0.2) is 29.3 Å². The largest absolute Gasteiger partial charge is 0.506 e. The fraction of sp³-hybridized carbons (Fsp3) is 0.200. The van der Waals surface area contributed by atoms with Crippen molar-refractivity contribution < 1.29 is 18.3 Å². The molecular formula is C10H8BrF3O. The molecule has 1 aromatic carbocycles. The lowest BCUT2D eigenvalue weighted by atomic mass is 10.0. The molecule has 1 N–H and O–H groups in total. The van der Waals surface area contributed by atoms with Crippen LogP contribution < -0.4 is 0 Å². The summed E-state index contributed by atoms with van der Waals surface area (Å²) >= 11 is 2.97. The zero-order chi connectivity index (χ0) is 11.6. The van der Waals surface area contributed by atoms with Crippen molar-refractivity contribution in [3.8, 4) is 5.75 Å². The van der Waals surface area contributed by atoms with Crippen molar-refractivity contribution in [3.63, 3.8) is 0 Å². The van der Waals surface area contributed by atoms with Gasteiger partial charge in [0, 0.05) is 5.56 Å². The van der Waals surface area contributed by atoms with Gasteiger partial charge in [-0.3, -0.25) is 0 Å². The summed E-state index contributed by atoms with van der Waals surface area (Å²) in [4.78, 5) is 0. The van der Waals surface area contributed by atoms with E-state index in [1.165, 1.54) is 12.1 Å². The smallest absolute Gasteiger partial charge is 0.416 e. The molecule has 0 saturated heterocycles. The summed E-state index contributed by atoms with van der Waals surface area (Å²) in [5.74, 6) is -0.385. The summed E-state index contributed by atoms with van der Waals surface area (Å²) in [7, 11) is 0. The minimum Gasteiger partial charge on any atom is -0.506 e. The summed E-state index contributed by atoms with van der Waals surface area (Å²) in [6, 6.07) is 2.10. The van der Waals surface area contributed by atoms with Gasteiger partial charge in [0.25, 0.3) is 0 Å². The van der Waals surface area contributed by atoms with Crippen molar-refractivity contribution in [2.75, 3.05) is 0 Å². The highest BCUT2D eigenvalue weighted by Gasteiger charge is 2.34. The van der Waals surface area contributed by atoms with Gasteiger partial charge in [-0.15, -0.1) is 6.58 Å². The van der Waals surface area contributed by atoms with E-state index in [2.05, 4.69) is 22.5 Å². The molecule has 1 rings (SSSR count). The number of phenolic OH excluding ortho intramolecular Hbond substituents is 1. The molecule has 0 aliphatic heterocycles. The molecule has 5 heteroatoms. The average Bonchev–Trinajstić information content (AvgIpc) is 2.11. The van der Waals surface area contributed by atoms with Crippen LogP contribution in [0.5, 0.6) is 5.75 Å². The van der Waals surface area contributed by atoms with E-state index in [1.807, 2.05) is 0 Å². The first-order valence-electron chi connectivity index (χ1n) is 4.06. The highest BCUT2D eigenvalue weighted by Crippen LogP contribution is 2.39. The van der Waals surface area contributed by atoms with Gasteiger partial charge >= 0.3 is 6.18 Å². The molecule has 0 fully saturated rings. The third-order valence-electron chi connectivity index (χ3n) is 1.89. The molecule has 0 aliphatic rings. The maximum atomic E-state index is 12.5. The molecule has 0 atom stereocenters. The molecule has 0 aromatic heterocycles. The Morgan fingerprint density at radius 1 is 1.40 bits per heavy atom. The van der Waals surface area contributed by atoms with Crippen molar-refractivity contribution in [2.24, 2.45) is 0 Å². The first-order chi connectivity index (χ1) is 6.88. The van der Waals surface area contributed by atoms with Gasteiger partial charge < -0.3 is 5.11 Å². The lowest BCUT2D eigenvalue weighted by Gasteiger charge is -2.13. The first-order valence-corrected chi connectivity index (χ1v) is 4.85. The Morgan fingerprint density at radius 3 is 2.47 bits per heavy atom. The topological polar surface area (TPSA) is 20.2 Å². The predicted octanol–water partition coefficient (Wildman–Crippen LogP) is 3.90. The van der Waals surface area contributed by atoms with Crippen molar-refractivity contribution in [2.45, 2.75) is 12.6 Å². The number of rotatable bonds is 2. The fourth-order valence-electron chi connectivity index (χ4n) is 1.22. The monoisotopic (exact) mass is 280 g/mol. The normalized spacial score (nSPS) is 11.5. The standard InChI is InChI=1S/C10H8BrF3O/c1-2-3-6-7(10(12,13)14)4-5-8(11)9(6)15/h2,4-5,15H,1,3H2. The summed E-state index contributed by atoms with van der Waals surface area (Å²) in [5, 5.41) is 9.48. The number of hydrogen-bond acceptors (Lipinski definition) is 1. The summed E-state index contributed by atoms with van der Waals surface area (Å²) in [6.45, 7) is 3.36. The molecule has 82 valence electrons. The van der Waals surface area contributed by atoms with Crippen LogP contribution in [-0.2, 0) is 12.6 Å². The zero-order valence-corrected chi connectivity index (χ0v) is 9.19. The van der Waals surface area contributed by atoms with Crippen LogP contribution in [0.2, 0.25) is 0 Å². The first kappa shape index (κ1) is 12.1. The van der Waals surface area contributed by atoms with Crippen LogP contribution in [-0.4, -0.2) is 5.11 Å². The van der Waals surface area contributed by atoms with E-state index in [9.17, 15) is 18.3 Å². The number of allylic oxidation sites excluding steroid dienone is 1. The summed E-state index contributed by atoms with van der Waals surface area (Å²) < 4.78 is 37.8. The third-order valence-corrected chi connectivity index (χ3v) is 2.53.